The standard InChI is InChI=1S/C10H17N3O2/c1-11(2)10(12(3)4)15-13-8-6-5-7-9(13)14/h5-8,10H,1-4H3/p+1. The van der Waals surface area contributed by atoms with Crippen LogP contribution in [0.1, 0.15) is 0 Å². The van der Waals surface area contributed by atoms with Gasteiger partial charge in [-0.05, 0) is 34.3 Å². The Labute approximate surface area is 90.1 Å². The molecular weight excluding hydrogens is 194 g/mol. The third-order valence-electron chi connectivity index (χ3n) is 1.90. The zero-order chi connectivity index (χ0) is 11.4. The molecule has 1 heterocycles. The molecule has 0 amide bonds. The van der Waals surface area contributed by atoms with Crippen LogP contribution in [0.3, 0.4) is 0 Å². The quantitative estimate of drug-likeness (QED) is 0.540. The summed E-state index contributed by atoms with van der Waals surface area (Å²) in [5.41, 5.74) is 0. The van der Waals surface area contributed by atoms with Gasteiger partial charge in [0.2, 0.25) is 6.20 Å². The Kier molecular flexibility index (Phi) is 3.88. The summed E-state index contributed by atoms with van der Waals surface area (Å²) in [5.74, 6) is 0.0752. The number of rotatable bonds is 4. The van der Waals surface area contributed by atoms with Crippen molar-refractivity contribution in [1.29, 1.82) is 0 Å². The van der Waals surface area contributed by atoms with Crippen LogP contribution in [0.5, 0.6) is 5.88 Å². The Bertz CT molecular complexity index is 307. The zero-order valence-corrected chi connectivity index (χ0v) is 9.58. The number of hydrogen-bond acceptors (Lipinski definition) is 4. The summed E-state index contributed by atoms with van der Waals surface area (Å²) in [6, 6.07) is 5.11. The van der Waals surface area contributed by atoms with Crippen LogP contribution in [0.4, 0.5) is 0 Å². The third-order valence-corrected chi connectivity index (χ3v) is 1.90. The number of hydrogen-bond donors (Lipinski definition) is 1. The zero-order valence-electron chi connectivity index (χ0n) is 9.58. The molecule has 0 saturated carbocycles. The van der Waals surface area contributed by atoms with Gasteiger partial charge >= 0.3 is 5.88 Å². The summed E-state index contributed by atoms with van der Waals surface area (Å²) in [6.07, 6.45) is 1.43. The van der Waals surface area contributed by atoms with Gasteiger partial charge in [0.05, 0.1) is 10.8 Å². The predicted octanol–water partition coefficient (Wildman–Crippen LogP) is -0.485. The molecule has 15 heavy (non-hydrogen) atoms. The summed E-state index contributed by atoms with van der Waals surface area (Å²) in [5, 5.41) is 9.52. The number of nitrogens with zero attached hydrogens (tertiary/aromatic N) is 3. The minimum absolute atomic E-state index is 0.0752. The second-order valence-electron chi connectivity index (χ2n) is 3.74. The molecule has 0 spiro atoms. The van der Waals surface area contributed by atoms with Crippen LogP contribution < -0.4 is 9.57 Å². The molecule has 1 rings (SSSR count). The first-order valence-electron chi connectivity index (χ1n) is 4.72. The molecule has 0 unspecified atom stereocenters. The van der Waals surface area contributed by atoms with Crippen molar-refractivity contribution in [3.8, 4) is 5.88 Å². The Balaban J connectivity index is 2.79. The summed E-state index contributed by atoms with van der Waals surface area (Å²) in [4.78, 5) is 9.39. The van der Waals surface area contributed by atoms with E-state index in [1.165, 1.54) is 4.73 Å². The topological polar surface area (TPSA) is 39.8 Å². The van der Waals surface area contributed by atoms with Crippen molar-refractivity contribution in [1.82, 2.24) is 9.80 Å². The van der Waals surface area contributed by atoms with Crippen LogP contribution in [0, 0.1) is 0 Å². The van der Waals surface area contributed by atoms with Gasteiger partial charge < -0.3 is 5.11 Å². The average Bonchev–Trinajstić information content (AvgIpc) is 2.15. The molecule has 0 saturated heterocycles. The Morgan fingerprint density at radius 2 is 1.80 bits per heavy atom. The van der Waals surface area contributed by atoms with E-state index in [2.05, 4.69) is 0 Å². The summed E-state index contributed by atoms with van der Waals surface area (Å²) in [7, 11) is 7.63. The van der Waals surface area contributed by atoms with Crippen LogP contribution in [0.15, 0.2) is 24.4 Å². The molecule has 0 aliphatic carbocycles. The fraction of sp³-hybridized carbons (Fsp3) is 0.500. The van der Waals surface area contributed by atoms with Gasteiger partial charge in [-0.15, -0.1) is 0 Å². The van der Waals surface area contributed by atoms with Crippen molar-refractivity contribution in [3.63, 3.8) is 0 Å². The van der Waals surface area contributed by atoms with Gasteiger partial charge in [-0.3, -0.25) is 9.80 Å². The average molecular weight is 212 g/mol. The highest BCUT2D eigenvalue weighted by Gasteiger charge is 2.22. The molecule has 0 radical (unpaired) electrons. The maximum Gasteiger partial charge on any atom is 0.414 e. The van der Waals surface area contributed by atoms with Gasteiger partial charge in [0, 0.05) is 6.07 Å². The molecule has 0 aliphatic heterocycles. The van der Waals surface area contributed by atoms with Crippen molar-refractivity contribution in [2.75, 3.05) is 28.2 Å². The summed E-state index contributed by atoms with van der Waals surface area (Å²) in [6.45, 7) is 0. The lowest BCUT2D eigenvalue weighted by Crippen LogP contribution is -2.57. The SMILES string of the molecule is CN(C)C(O[n+]1ccccc1O)N(C)C. The molecular formula is C10H18N3O2+. The maximum absolute atomic E-state index is 9.52. The Hall–Kier alpha value is -1.33. The van der Waals surface area contributed by atoms with E-state index in [4.69, 9.17) is 4.84 Å². The maximum atomic E-state index is 9.52. The van der Waals surface area contributed by atoms with E-state index >= 15 is 0 Å². The molecule has 0 atom stereocenters. The van der Waals surface area contributed by atoms with Crippen molar-refractivity contribution < 1.29 is 14.7 Å². The molecule has 1 aromatic heterocycles. The van der Waals surface area contributed by atoms with Crippen LogP contribution in [0.25, 0.3) is 0 Å². The number of aromatic hydroxyl groups is 1. The molecule has 0 aromatic carbocycles. The minimum atomic E-state index is -0.233. The fourth-order valence-corrected chi connectivity index (χ4v) is 1.26. The Morgan fingerprint density at radius 3 is 2.27 bits per heavy atom. The van der Waals surface area contributed by atoms with E-state index in [9.17, 15) is 5.11 Å². The molecule has 1 N–H and O–H groups in total. The molecule has 1 aromatic rings. The van der Waals surface area contributed by atoms with E-state index in [0.29, 0.717) is 0 Å². The van der Waals surface area contributed by atoms with Crippen molar-refractivity contribution in [3.05, 3.63) is 24.4 Å². The fourth-order valence-electron chi connectivity index (χ4n) is 1.26. The van der Waals surface area contributed by atoms with Crippen LogP contribution in [0.2, 0.25) is 0 Å². The first-order chi connectivity index (χ1) is 7.02. The molecule has 0 fully saturated rings. The van der Waals surface area contributed by atoms with Crippen molar-refractivity contribution in [2.45, 2.75) is 6.35 Å². The van der Waals surface area contributed by atoms with E-state index < -0.39 is 0 Å². The van der Waals surface area contributed by atoms with E-state index in [1.54, 1.807) is 24.4 Å². The van der Waals surface area contributed by atoms with Gasteiger partial charge in [0.15, 0.2) is 0 Å². The third kappa shape index (κ3) is 3.07. The van der Waals surface area contributed by atoms with Gasteiger partial charge in [-0.25, -0.2) is 4.84 Å². The molecule has 0 bridgehead atoms. The smallest absolute Gasteiger partial charge is 0.414 e. The number of pyridine rings is 1. The first kappa shape index (κ1) is 11.7. The molecule has 5 nitrogen and oxygen atoms in total. The number of aromatic nitrogens is 1. The monoisotopic (exact) mass is 212 g/mol. The van der Waals surface area contributed by atoms with Gasteiger partial charge in [0.25, 0.3) is 6.35 Å². The van der Waals surface area contributed by atoms with Gasteiger partial charge in [-0.2, -0.15) is 0 Å². The van der Waals surface area contributed by atoms with E-state index in [-0.39, 0.29) is 12.2 Å². The van der Waals surface area contributed by atoms with Gasteiger partial charge in [0.1, 0.15) is 0 Å². The second-order valence-corrected chi connectivity index (χ2v) is 3.74. The second kappa shape index (κ2) is 4.95. The van der Waals surface area contributed by atoms with Crippen LogP contribution in [-0.4, -0.2) is 49.4 Å². The predicted molar refractivity (Wildman–Crippen MR) is 56.0 cm³/mol. The summed E-state index contributed by atoms with van der Waals surface area (Å²) < 4.78 is 1.34. The van der Waals surface area contributed by atoms with Crippen molar-refractivity contribution in [2.24, 2.45) is 0 Å². The van der Waals surface area contributed by atoms with Gasteiger partial charge in [-0.1, -0.05) is 0 Å². The van der Waals surface area contributed by atoms with Crippen LogP contribution in [-0.2, 0) is 0 Å². The normalized spacial score (nSPS) is 11.4. The van der Waals surface area contributed by atoms with E-state index in [1.807, 2.05) is 38.0 Å². The molecule has 5 heteroatoms. The van der Waals surface area contributed by atoms with Crippen molar-refractivity contribution >= 4 is 0 Å². The lowest BCUT2D eigenvalue weighted by atomic mass is 10.5. The first-order valence-corrected chi connectivity index (χ1v) is 4.72. The highest BCUT2D eigenvalue weighted by molar-refractivity contribution is 4.99. The lowest BCUT2D eigenvalue weighted by Gasteiger charge is -2.25. The largest absolute Gasteiger partial charge is 0.457 e. The Morgan fingerprint density at radius 1 is 1.20 bits per heavy atom. The highest BCUT2D eigenvalue weighted by atomic mass is 16.7. The lowest BCUT2D eigenvalue weighted by molar-refractivity contribution is -0.908. The molecule has 84 valence electrons. The summed E-state index contributed by atoms with van der Waals surface area (Å²) >= 11 is 0. The molecule has 0 aliphatic rings. The van der Waals surface area contributed by atoms with E-state index in [0.717, 1.165) is 0 Å². The highest BCUT2D eigenvalue weighted by Crippen LogP contribution is 1.99. The van der Waals surface area contributed by atoms with Crippen LogP contribution >= 0.6 is 0 Å². The minimum Gasteiger partial charge on any atom is -0.457 e.